The minimum Gasteiger partial charge on any atom is -0.495 e. The van der Waals surface area contributed by atoms with E-state index in [1.165, 1.54) is 19.2 Å². The number of nitrogens with one attached hydrogen (secondary N) is 2. The van der Waals surface area contributed by atoms with Crippen LogP contribution in [-0.2, 0) is 10.0 Å². The van der Waals surface area contributed by atoms with E-state index in [1.807, 2.05) is 0 Å². The molecule has 23 heavy (non-hydrogen) atoms. The molecule has 1 aliphatic rings. The summed E-state index contributed by atoms with van der Waals surface area (Å²) in [6.07, 6.45) is 0. The van der Waals surface area contributed by atoms with Crippen molar-refractivity contribution in [2.45, 2.75) is 4.90 Å². The fourth-order valence-corrected chi connectivity index (χ4v) is 3.54. The number of nitrogens with zero attached hydrogens (tertiary/aromatic N) is 1. The van der Waals surface area contributed by atoms with Gasteiger partial charge in [-0.25, -0.2) is 13.1 Å². The van der Waals surface area contributed by atoms with E-state index in [0.29, 0.717) is 18.8 Å². The first-order valence-electron chi connectivity index (χ1n) is 6.79. The fraction of sp³-hybridized carbons (Fsp3) is 0.538. The first kappa shape index (κ1) is 22.7. The van der Waals surface area contributed by atoms with Gasteiger partial charge in [-0.15, -0.1) is 24.8 Å². The summed E-state index contributed by atoms with van der Waals surface area (Å²) in [6, 6.07) is 4.43. The summed E-state index contributed by atoms with van der Waals surface area (Å²) in [7, 11) is -2.05. The molecule has 0 unspecified atom stereocenters. The number of halogens is 3. The van der Waals surface area contributed by atoms with Crippen LogP contribution < -0.4 is 14.8 Å². The smallest absolute Gasteiger partial charge is 0.240 e. The molecule has 1 aliphatic heterocycles. The molecule has 0 aliphatic carbocycles. The monoisotopic (exact) mass is 405 g/mol. The highest BCUT2D eigenvalue weighted by Crippen LogP contribution is 2.26. The summed E-state index contributed by atoms with van der Waals surface area (Å²) in [5.74, 6) is 0.455. The van der Waals surface area contributed by atoms with Gasteiger partial charge in [0.25, 0.3) is 0 Å². The predicted molar refractivity (Wildman–Crippen MR) is 97.0 cm³/mol. The van der Waals surface area contributed by atoms with Crippen molar-refractivity contribution in [1.82, 2.24) is 14.9 Å². The molecule has 2 rings (SSSR count). The van der Waals surface area contributed by atoms with Crippen LogP contribution in [0.15, 0.2) is 23.1 Å². The van der Waals surface area contributed by atoms with E-state index in [1.54, 1.807) is 6.07 Å². The van der Waals surface area contributed by atoms with Crippen LogP contribution in [0.3, 0.4) is 0 Å². The fourth-order valence-electron chi connectivity index (χ4n) is 2.17. The van der Waals surface area contributed by atoms with Gasteiger partial charge in [-0.1, -0.05) is 11.6 Å². The molecule has 0 spiro atoms. The Morgan fingerprint density at radius 1 is 1.30 bits per heavy atom. The summed E-state index contributed by atoms with van der Waals surface area (Å²) >= 11 is 5.96. The van der Waals surface area contributed by atoms with Crippen molar-refractivity contribution in [1.29, 1.82) is 0 Å². The summed E-state index contributed by atoms with van der Waals surface area (Å²) in [6.45, 7) is 4.85. The van der Waals surface area contributed by atoms with E-state index >= 15 is 0 Å². The van der Waals surface area contributed by atoms with Crippen molar-refractivity contribution in [3.05, 3.63) is 23.2 Å². The van der Waals surface area contributed by atoms with Crippen LogP contribution in [0.2, 0.25) is 5.02 Å². The third-order valence-electron chi connectivity index (χ3n) is 3.36. The second-order valence-corrected chi connectivity index (χ2v) is 6.96. The normalized spacial score (nSPS) is 15.4. The lowest BCUT2D eigenvalue weighted by molar-refractivity contribution is 0.245. The highest BCUT2D eigenvalue weighted by molar-refractivity contribution is 7.89. The van der Waals surface area contributed by atoms with Gasteiger partial charge in [-0.2, -0.15) is 0 Å². The molecule has 1 heterocycles. The number of benzene rings is 1. The molecule has 0 amide bonds. The number of sulfonamides is 1. The maximum Gasteiger partial charge on any atom is 0.240 e. The largest absolute Gasteiger partial charge is 0.495 e. The topological polar surface area (TPSA) is 70.7 Å². The Morgan fingerprint density at radius 3 is 2.52 bits per heavy atom. The predicted octanol–water partition coefficient (Wildman–Crippen LogP) is 1.38. The SMILES string of the molecule is COc1ccc(S(=O)(=O)NCCN2CCNCC2)cc1Cl.Cl.Cl. The Balaban J connectivity index is 0.00000242. The Kier molecular flexibility index (Phi) is 10.4. The number of hydrogen-bond acceptors (Lipinski definition) is 5. The molecular formula is C13H22Cl3N3O3S. The van der Waals surface area contributed by atoms with Gasteiger partial charge in [0.15, 0.2) is 0 Å². The Hall–Kier alpha value is -0.280. The van der Waals surface area contributed by atoms with Gasteiger partial charge in [0.2, 0.25) is 10.0 Å². The highest BCUT2D eigenvalue weighted by Gasteiger charge is 2.16. The van der Waals surface area contributed by atoms with Crippen molar-refractivity contribution in [2.24, 2.45) is 0 Å². The lowest BCUT2D eigenvalue weighted by atomic mass is 10.3. The average Bonchev–Trinajstić information content (AvgIpc) is 2.48. The minimum absolute atomic E-state index is 0. The zero-order chi connectivity index (χ0) is 15.3. The zero-order valence-electron chi connectivity index (χ0n) is 12.7. The number of rotatable bonds is 6. The van der Waals surface area contributed by atoms with Crippen LogP contribution in [0.5, 0.6) is 5.75 Å². The van der Waals surface area contributed by atoms with Gasteiger partial charge in [0.1, 0.15) is 5.75 Å². The van der Waals surface area contributed by atoms with Gasteiger partial charge in [0.05, 0.1) is 17.0 Å². The van der Waals surface area contributed by atoms with E-state index < -0.39 is 10.0 Å². The van der Waals surface area contributed by atoms with Gasteiger partial charge in [0, 0.05) is 39.3 Å². The molecule has 1 fully saturated rings. The van der Waals surface area contributed by atoms with Crippen LogP contribution in [0.1, 0.15) is 0 Å². The van der Waals surface area contributed by atoms with Gasteiger partial charge in [-0.05, 0) is 18.2 Å². The number of ether oxygens (including phenoxy) is 1. The molecule has 134 valence electrons. The quantitative estimate of drug-likeness (QED) is 0.747. The standard InChI is InChI=1S/C13H20ClN3O3S.2ClH/c1-20-13-3-2-11(10-12(13)14)21(18,19)16-6-9-17-7-4-15-5-8-17;;/h2-3,10,15-16H,4-9H2,1H3;2*1H. The molecular weight excluding hydrogens is 385 g/mol. The number of hydrogen-bond donors (Lipinski definition) is 2. The first-order valence-corrected chi connectivity index (χ1v) is 8.65. The molecule has 0 radical (unpaired) electrons. The molecule has 0 saturated carbocycles. The molecule has 0 bridgehead atoms. The molecule has 1 saturated heterocycles. The van der Waals surface area contributed by atoms with Crippen molar-refractivity contribution in [3.63, 3.8) is 0 Å². The lowest BCUT2D eigenvalue weighted by Gasteiger charge is -2.27. The summed E-state index contributed by atoms with van der Waals surface area (Å²) in [4.78, 5) is 2.37. The molecule has 0 atom stereocenters. The highest BCUT2D eigenvalue weighted by atomic mass is 35.5. The van der Waals surface area contributed by atoms with Gasteiger partial charge < -0.3 is 10.1 Å². The third kappa shape index (κ3) is 6.62. The van der Waals surface area contributed by atoms with Crippen LogP contribution in [-0.4, -0.2) is 59.7 Å². The van der Waals surface area contributed by atoms with Crippen molar-refractivity contribution in [2.75, 3.05) is 46.4 Å². The first-order chi connectivity index (χ1) is 10.0. The molecule has 1 aromatic rings. The van der Waals surface area contributed by atoms with Crippen molar-refractivity contribution >= 4 is 46.4 Å². The summed E-state index contributed by atoms with van der Waals surface area (Å²) in [5, 5.41) is 3.54. The van der Waals surface area contributed by atoms with Crippen molar-refractivity contribution < 1.29 is 13.2 Å². The van der Waals surface area contributed by atoms with E-state index in [4.69, 9.17) is 16.3 Å². The van der Waals surface area contributed by atoms with Crippen molar-refractivity contribution in [3.8, 4) is 5.75 Å². The molecule has 6 nitrogen and oxygen atoms in total. The van der Waals surface area contributed by atoms with Crippen LogP contribution >= 0.6 is 36.4 Å². The molecule has 10 heteroatoms. The van der Waals surface area contributed by atoms with E-state index in [2.05, 4.69) is 14.9 Å². The zero-order valence-corrected chi connectivity index (χ0v) is 16.0. The van der Waals surface area contributed by atoms with Gasteiger partial charge in [-0.3, -0.25) is 4.90 Å². The minimum atomic E-state index is -3.54. The summed E-state index contributed by atoms with van der Waals surface area (Å²) < 4.78 is 32.0. The van der Waals surface area contributed by atoms with E-state index in [0.717, 1.165) is 26.2 Å². The molecule has 0 aromatic heterocycles. The maximum atomic E-state index is 12.2. The van der Waals surface area contributed by atoms with Gasteiger partial charge >= 0.3 is 0 Å². The Bertz CT molecular complexity index is 581. The molecule has 1 aromatic carbocycles. The molecule has 2 N–H and O–H groups in total. The second kappa shape index (κ2) is 10.6. The van der Waals surface area contributed by atoms with E-state index in [-0.39, 0.29) is 34.7 Å². The maximum absolute atomic E-state index is 12.2. The summed E-state index contributed by atoms with van der Waals surface area (Å²) in [5.41, 5.74) is 0. The van der Waals surface area contributed by atoms with Crippen LogP contribution in [0.4, 0.5) is 0 Å². The lowest BCUT2D eigenvalue weighted by Crippen LogP contribution is -2.46. The van der Waals surface area contributed by atoms with E-state index in [9.17, 15) is 8.42 Å². The number of methoxy groups -OCH3 is 1. The van der Waals surface area contributed by atoms with Crippen LogP contribution in [0, 0.1) is 0 Å². The Morgan fingerprint density at radius 2 is 1.96 bits per heavy atom. The van der Waals surface area contributed by atoms with Crippen LogP contribution in [0.25, 0.3) is 0 Å². The second-order valence-electron chi connectivity index (χ2n) is 4.79. The third-order valence-corrected chi connectivity index (χ3v) is 5.12. The average molecular weight is 407 g/mol. The number of piperazine rings is 1. The Labute approximate surface area is 154 Å².